The van der Waals surface area contributed by atoms with Gasteiger partial charge < -0.3 is 0 Å². The first-order valence-electron chi connectivity index (χ1n) is 3.12. The minimum Gasteiger partial charge on any atom is -0.253 e. The van der Waals surface area contributed by atoms with Gasteiger partial charge in [-0.05, 0) is 12.1 Å². The van der Waals surface area contributed by atoms with Crippen LogP contribution in [0.3, 0.4) is 0 Å². The zero-order chi connectivity index (χ0) is 6.81. The Balaban J connectivity index is 0.000000605. The van der Waals surface area contributed by atoms with Gasteiger partial charge in [0.2, 0.25) is 0 Å². The summed E-state index contributed by atoms with van der Waals surface area (Å²) in [6.45, 7) is 0. The summed E-state index contributed by atoms with van der Waals surface area (Å²) in [4.78, 5) is 8.24. The Kier molecular flexibility index (Phi) is 2.72. The molecule has 0 aliphatic heterocycles. The standard InChI is InChI=1S/C8H6N2.Pt/c1-2-4-8-7(3-1)9-5-6-10-8;/h1-6H;. The van der Waals surface area contributed by atoms with Gasteiger partial charge in [-0.15, -0.1) is 0 Å². The van der Waals surface area contributed by atoms with Crippen LogP contribution < -0.4 is 0 Å². The minimum atomic E-state index is 0. The number of nitrogens with zero attached hydrogens (tertiary/aromatic N) is 2. The zero-order valence-corrected chi connectivity index (χ0v) is 7.95. The number of fused-ring (bicyclic) bond motifs is 1. The van der Waals surface area contributed by atoms with Crippen molar-refractivity contribution in [2.75, 3.05) is 0 Å². The van der Waals surface area contributed by atoms with E-state index in [1.54, 1.807) is 12.4 Å². The number of rotatable bonds is 0. The third-order valence-corrected chi connectivity index (χ3v) is 1.38. The van der Waals surface area contributed by atoms with Crippen LogP contribution in [0.25, 0.3) is 11.0 Å². The Morgan fingerprint density at radius 3 is 1.73 bits per heavy atom. The maximum absolute atomic E-state index is 4.12. The van der Waals surface area contributed by atoms with Gasteiger partial charge in [0.25, 0.3) is 0 Å². The predicted octanol–water partition coefficient (Wildman–Crippen LogP) is 1.63. The van der Waals surface area contributed by atoms with Crippen molar-refractivity contribution in [3.63, 3.8) is 0 Å². The molecule has 1 heterocycles. The van der Waals surface area contributed by atoms with Gasteiger partial charge in [-0.3, -0.25) is 9.97 Å². The molecule has 0 saturated carbocycles. The smallest absolute Gasteiger partial charge is 0.0886 e. The number of aromatic nitrogens is 2. The van der Waals surface area contributed by atoms with Gasteiger partial charge in [0, 0.05) is 33.5 Å². The minimum absolute atomic E-state index is 0. The SMILES string of the molecule is [Pt].c1ccc2nccnc2c1. The van der Waals surface area contributed by atoms with Gasteiger partial charge >= 0.3 is 0 Å². The van der Waals surface area contributed by atoms with Crippen LogP contribution in [0.5, 0.6) is 0 Å². The van der Waals surface area contributed by atoms with E-state index >= 15 is 0 Å². The normalized spacial score (nSPS) is 9.09. The molecule has 2 rings (SSSR count). The van der Waals surface area contributed by atoms with Crippen LogP contribution in [-0.4, -0.2) is 9.97 Å². The summed E-state index contributed by atoms with van der Waals surface area (Å²) in [6, 6.07) is 7.80. The maximum Gasteiger partial charge on any atom is 0.0886 e. The van der Waals surface area contributed by atoms with Crippen LogP contribution in [0, 0.1) is 0 Å². The van der Waals surface area contributed by atoms with E-state index in [4.69, 9.17) is 0 Å². The molecule has 0 fully saturated rings. The zero-order valence-electron chi connectivity index (χ0n) is 5.67. The number of hydrogen-bond donors (Lipinski definition) is 0. The maximum atomic E-state index is 4.12. The van der Waals surface area contributed by atoms with Crippen molar-refractivity contribution < 1.29 is 21.1 Å². The molecule has 0 N–H and O–H groups in total. The van der Waals surface area contributed by atoms with Crippen molar-refractivity contribution in [2.24, 2.45) is 0 Å². The van der Waals surface area contributed by atoms with Crippen molar-refractivity contribution in [3.05, 3.63) is 36.7 Å². The van der Waals surface area contributed by atoms with Gasteiger partial charge in [0.05, 0.1) is 11.0 Å². The number of hydrogen-bond acceptors (Lipinski definition) is 2. The topological polar surface area (TPSA) is 25.8 Å². The Morgan fingerprint density at radius 2 is 1.27 bits per heavy atom. The van der Waals surface area contributed by atoms with Crippen molar-refractivity contribution in [1.29, 1.82) is 0 Å². The second-order valence-electron chi connectivity index (χ2n) is 2.05. The van der Waals surface area contributed by atoms with Gasteiger partial charge in [0.1, 0.15) is 0 Å². The van der Waals surface area contributed by atoms with E-state index in [0.717, 1.165) is 11.0 Å². The van der Waals surface area contributed by atoms with E-state index in [2.05, 4.69) is 9.97 Å². The third-order valence-electron chi connectivity index (χ3n) is 1.38. The third kappa shape index (κ3) is 1.63. The van der Waals surface area contributed by atoms with E-state index in [1.165, 1.54) is 0 Å². The van der Waals surface area contributed by atoms with Crippen LogP contribution in [0.2, 0.25) is 0 Å². The monoisotopic (exact) mass is 325 g/mol. The molecule has 58 valence electrons. The predicted molar refractivity (Wildman–Crippen MR) is 39.5 cm³/mol. The molecule has 0 aliphatic carbocycles. The largest absolute Gasteiger partial charge is 0.253 e. The van der Waals surface area contributed by atoms with Crippen LogP contribution in [0.1, 0.15) is 0 Å². The number of para-hydroxylation sites is 2. The molecule has 11 heavy (non-hydrogen) atoms. The van der Waals surface area contributed by atoms with Crippen molar-refractivity contribution in [2.45, 2.75) is 0 Å². The van der Waals surface area contributed by atoms with Crippen molar-refractivity contribution in [3.8, 4) is 0 Å². The molecule has 2 aromatic rings. The molecule has 0 spiro atoms. The van der Waals surface area contributed by atoms with E-state index < -0.39 is 0 Å². The first-order valence-corrected chi connectivity index (χ1v) is 3.12. The summed E-state index contributed by atoms with van der Waals surface area (Å²) in [5.41, 5.74) is 1.90. The number of benzene rings is 1. The second-order valence-corrected chi connectivity index (χ2v) is 2.05. The molecule has 1 aromatic heterocycles. The summed E-state index contributed by atoms with van der Waals surface area (Å²) >= 11 is 0. The van der Waals surface area contributed by atoms with Crippen molar-refractivity contribution in [1.82, 2.24) is 9.97 Å². The average molecular weight is 325 g/mol. The molecule has 1 aromatic carbocycles. The Bertz CT molecular complexity index is 283. The summed E-state index contributed by atoms with van der Waals surface area (Å²) < 4.78 is 0. The molecule has 0 aliphatic rings. The summed E-state index contributed by atoms with van der Waals surface area (Å²) in [6.07, 6.45) is 3.39. The fraction of sp³-hybridized carbons (Fsp3) is 0. The Hall–Kier alpha value is -0.752. The summed E-state index contributed by atoms with van der Waals surface area (Å²) in [7, 11) is 0. The molecule has 3 heteroatoms. The second kappa shape index (κ2) is 3.58. The van der Waals surface area contributed by atoms with Crippen LogP contribution in [0.15, 0.2) is 36.7 Å². The van der Waals surface area contributed by atoms with Crippen LogP contribution in [-0.2, 0) is 21.1 Å². The molecule has 2 nitrogen and oxygen atoms in total. The van der Waals surface area contributed by atoms with Gasteiger partial charge in [-0.25, -0.2) is 0 Å². The van der Waals surface area contributed by atoms with Crippen molar-refractivity contribution >= 4 is 11.0 Å². The molecule has 0 saturated heterocycles. The fourth-order valence-electron chi connectivity index (χ4n) is 0.910. The summed E-state index contributed by atoms with van der Waals surface area (Å²) in [5, 5.41) is 0. The van der Waals surface area contributed by atoms with Gasteiger partial charge in [-0.1, -0.05) is 12.1 Å². The summed E-state index contributed by atoms with van der Waals surface area (Å²) in [5.74, 6) is 0. The average Bonchev–Trinajstić information content (AvgIpc) is 2.05. The molecular formula is C8H6N2Pt. The molecule has 0 bridgehead atoms. The van der Waals surface area contributed by atoms with E-state index in [9.17, 15) is 0 Å². The molecule has 0 unspecified atom stereocenters. The molecular weight excluding hydrogens is 319 g/mol. The molecule has 0 amide bonds. The van der Waals surface area contributed by atoms with Crippen LogP contribution in [0.4, 0.5) is 0 Å². The first-order chi connectivity index (χ1) is 4.97. The van der Waals surface area contributed by atoms with E-state index in [-0.39, 0.29) is 21.1 Å². The quantitative estimate of drug-likeness (QED) is 0.736. The van der Waals surface area contributed by atoms with E-state index in [0.29, 0.717) is 0 Å². The van der Waals surface area contributed by atoms with E-state index in [1.807, 2.05) is 24.3 Å². The van der Waals surface area contributed by atoms with Gasteiger partial charge in [0.15, 0.2) is 0 Å². The fourth-order valence-corrected chi connectivity index (χ4v) is 0.910. The molecule has 0 radical (unpaired) electrons. The molecule has 0 atom stereocenters. The van der Waals surface area contributed by atoms with Crippen LogP contribution >= 0.6 is 0 Å². The Labute approximate surface area is 78.9 Å². The van der Waals surface area contributed by atoms with Gasteiger partial charge in [-0.2, -0.15) is 0 Å². The first kappa shape index (κ1) is 8.35. The Morgan fingerprint density at radius 1 is 0.818 bits per heavy atom.